The van der Waals surface area contributed by atoms with Crippen molar-refractivity contribution >= 4 is 17.6 Å². The van der Waals surface area contributed by atoms with Crippen LogP contribution < -0.4 is 10.6 Å². The molecule has 0 unspecified atom stereocenters. The summed E-state index contributed by atoms with van der Waals surface area (Å²) in [6, 6.07) is 8.42. The number of nitriles is 1. The van der Waals surface area contributed by atoms with Gasteiger partial charge in [-0.05, 0) is 31.0 Å². The van der Waals surface area contributed by atoms with Gasteiger partial charge in [-0.25, -0.2) is 4.79 Å². The Morgan fingerprint density at radius 1 is 1.27 bits per heavy atom. The zero-order chi connectivity index (χ0) is 19.2. The Balaban J connectivity index is 2.48. The van der Waals surface area contributed by atoms with Crippen molar-refractivity contribution < 1.29 is 19.1 Å². The Morgan fingerprint density at radius 2 is 2.04 bits per heavy atom. The first-order chi connectivity index (χ1) is 12.6. The molecule has 0 aliphatic rings. The summed E-state index contributed by atoms with van der Waals surface area (Å²) in [5.41, 5.74) is 0.884. The number of hydrogen-bond acceptors (Lipinski definition) is 6. The zero-order valence-corrected chi connectivity index (χ0v) is 15.2. The number of amides is 1. The molecule has 1 aromatic rings. The minimum Gasteiger partial charge on any atom is -0.465 e. The van der Waals surface area contributed by atoms with Gasteiger partial charge in [0.05, 0.1) is 12.7 Å². The second-order valence-corrected chi connectivity index (χ2v) is 5.46. The van der Waals surface area contributed by atoms with Crippen molar-refractivity contribution in [3.8, 4) is 6.07 Å². The number of carbonyl (C=O) groups excluding carboxylic acids is 2. The van der Waals surface area contributed by atoms with E-state index in [2.05, 4.69) is 22.3 Å². The number of rotatable bonds is 11. The summed E-state index contributed by atoms with van der Waals surface area (Å²) in [5.74, 6) is -0.922. The molecule has 0 atom stereocenters. The lowest BCUT2D eigenvalue weighted by atomic mass is 10.2. The third-order valence-electron chi connectivity index (χ3n) is 3.43. The predicted octanol–water partition coefficient (Wildman–Crippen LogP) is 2.62. The molecule has 7 nitrogen and oxygen atoms in total. The number of ether oxygens (including phenoxy) is 2. The molecular formula is C19H25N3O4. The summed E-state index contributed by atoms with van der Waals surface area (Å²) in [6.07, 6.45) is 4.10. The van der Waals surface area contributed by atoms with E-state index in [0.29, 0.717) is 30.8 Å². The third-order valence-corrected chi connectivity index (χ3v) is 3.43. The predicted molar refractivity (Wildman–Crippen MR) is 98.5 cm³/mol. The van der Waals surface area contributed by atoms with Crippen molar-refractivity contribution in [2.24, 2.45) is 0 Å². The maximum absolute atomic E-state index is 12.0. The summed E-state index contributed by atoms with van der Waals surface area (Å²) < 4.78 is 10.1. The fourth-order valence-electron chi connectivity index (χ4n) is 1.98. The summed E-state index contributed by atoms with van der Waals surface area (Å²) in [4.78, 5) is 23.5. The third kappa shape index (κ3) is 7.81. The molecule has 0 saturated carbocycles. The first-order valence-electron chi connectivity index (χ1n) is 8.53. The van der Waals surface area contributed by atoms with Gasteiger partial charge < -0.3 is 20.1 Å². The lowest BCUT2D eigenvalue weighted by Gasteiger charge is -2.07. The van der Waals surface area contributed by atoms with E-state index in [-0.39, 0.29) is 5.57 Å². The van der Waals surface area contributed by atoms with E-state index in [9.17, 15) is 9.59 Å². The van der Waals surface area contributed by atoms with Crippen LogP contribution in [0.1, 0.15) is 36.5 Å². The van der Waals surface area contributed by atoms with Crippen LogP contribution >= 0.6 is 0 Å². The van der Waals surface area contributed by atoms with Gasteiger partial charge in [0.2, 0.25) is 0 Å². The summed E-state index contributed by atoms with van der Waals surface area (Å²) in [7, 11) is 1.30. The van der Waals surface area contributed by atoms with Crippen molar-refractivity contribution in [2.45, 2.75) is 26.2 Å². The highest BCUT2D eigenvalue weighted by Crippen LogP contribution is 2.12. The van der Waals surface area contributed by atoms with Crippen LogP contribution in [0.25, 0.3) is 0 Å². The minimum atomic E-state index is -0.461. The monoisotopic (exact) mass is 359 g/mol. The Labute approximate surface area is 154 Å². The number of esters is 1. The van der Waals surface area contributed by atoms with Crippen LogP contribution in [-0.4, -0.2) is 38.7 Å². The summed E-state index contributed by atoms with van der Waals surface area (Å²) >= 11 is 0. The summed E-state index contributed by atoms with van der Waals surface area (Å²) in [6.45, 7) is 3.83. The number of anilines is 1. The lowest BCUT2D eigenvalue weighted by molar-refractivity contribution is -0.117. The van der Waals surface area contributed by atoms with Gasteiger partial charge >= 0.3 is 5.97 Å². The number of benzene rings is 1. The zero-order valence-electron chi connectivity index (χ0n) is 15.2. The van der Waals surface area contributed by atoms with E-state index in [4.69, 9.17) is 10.00 Å². The van der Waals surface area contributed by atoms with E-state index < -0.39 is 11.9 Å². The molecule has 1 amide bonds. The molecule has 1 rings (SSSR count). The van der Waals surface area contributed by atoms with E-state index in [1.54, 1.807) is 24.3 Å². The van der Waals surface area contributed by atoms with Crippen LogP contribution in [-0.2, 0) is 14.3 Å². The first kappa shape index (κ1) is 21.2. The van der Waals surface area contributed by atoms with Gasteiger partial charge in [-0.15, -0.1) is 0 Å². The van der Waals surface area contributed by atoms with Crippen molar-refractivity contribution in [1.82, 2.24) is 5.32 Å². The minimum absolute atomic E-state index is 0.0552. The molecule has 2 N–H and O–H groups in total. The normalized spacial score (nSPS) is 10.7. The van der Waals surface area contributed by atoms with E-state index >= 15 is 0 Å². The molecule has 140 valence electrons. The van der Waals surface area contributed by atoms with Crippen LogP contribution in [0.4, 0.5) is 5.69 Å². The van der Waals surface area contributed by atoms with E-state index in [0.717, 1.165) is 19.4 Å². The van der Waals surface area contributed by atoms with Gasteiger partial charge in [0.15, 0.2) is 0 Å². The Kier molecular flexibility index (Phi) is 10.2. The molecule has 7 heteroatoms. The smallest absolute Gasteiger partial charge is 0.337 e. The maximum Gasteiger partial charge on any atom is 0.337 e. The fourth-order valence-corrected chi connectivity index (χ4v) is 1.98. The molecular weight excluding hydrogens is 334 g/mol. The molecule has 26 heavy (non-hydrogen) atoms. The van der Waals surface area contributed by atoms with Gasteiger partial charge in [0.1, 0.15) is 11.6 Å². The SMILES string of the molecule is CCCCOCCCNC(=O)/C(C#N)=C\Nc1cccc(C(=O)OC)c1. The van der Waals surface area contributed by atoms with Crippen LogP contribution in [0, 0.1) is 11.3 Å². The average Bonchev–Trinajstić information content (AvgIpc) is 2.67. The average molecular weight is 359 g/mol. The topological polar surface area (TPSA) is 100 Å². The molecule has 0 radical (unpaired) electrons. The highest BCUT2D eigenvalue weighted by atomic mass is 16.5. The molecule has 0 heterocycles. The Morgan fingerprint density at radius 3 is 2.73 bits per heavy atom. The Hall–Kier alpha value is -2.85. The van der Waals surface area contributed by atoms with Crippen LogP contribution in [0.5, 0.6) is 0 Å². The van der Waals surface area contributed by atoms with Crippen LogP contribution in [0.15, 0.2) is 36.0 Å². The second-order valence-electron chi connectivity index (χ2n) is 5.46. The van der Waals surface area contributed by atoms with Crippen molar-refractivity contribution in [2.75, 3.05) is 32.2 Å². The largest absolute Gasteiger partial charge is 0.465 e. The molecule has 0 aromatic heterocycles. The number of unbranched alkanes of at least 4 members (excludes halogenated alkanes) is 1. The molecule has 0 saturated heterocycles. The lowest BCUT2D eigenvalue weighted by Crippen LogP contribution is -2.26. The molecule has 1 aromatic carbocycles. The first-order valence-corrected chi connectivity index (χ1v) is 8.53. The van der Waals surface area contributed by atoms with Crippen molar-refractivity contribution in [1.29, 1.82) is 5.26 Å². The van der Waals surface area contributed by atoms with Crippen LogP contribution in [0.3, 0.4) is 0 Å². The molecule has 0 fully saturated rings. The molecule has 0 spiro atoms. The molecule has 0 bridgehead atoms. The standard InChI is InChI=1S/C19H25N3O4/c1-3-4-10-26-11-6-9-21-18(23)16(13-20)14-22-17-8-5-7-15(12-17)19(24)25-2/h5,7-8,12,14,22H,3-4,6,9-11H2,1-2H3,(H,21,23)/b16-14-. The number of carbonyl (C=O) groups is 2. The summed E-state index contributed by atoms with van der Waals surface area (Å²) in [5, 5.41) is 14.7. The number of hydrogen-bond donors (Lipinski definition) is 2. The van der Waals surface area contributed by atoms with Gasteiger partial charge in [-0.3, -0.25) is 4.79 Å². The second kappa shape index (κ2) is 12.5. The highest BCUT2D eigenvalue weighted by molar-refractivity contribution is 5.97. The highest BCUT2D eigenvalue weighted by Gasteiger charge is 2.09. The van der Waals surface area contributed by atoms with Gasteiger partial charge in [0.25, 0.3) is 5.91 Å². The van der Waals surface area contributed by atoms with Gasteiger partial charge in [-0.2, -0.15) is 5.26 Å². The van der Waals surface area contributed by atoms with E-state index in [1.807, 2.05) is 6.07 Å². The maximum atomic E-state index is 12.0. The number of nitrogens with zero attached hydrogens (tertiary/aromatic N) is 1. The van der Waals surface area contributed by atoms with Crippen LogP contribution in [0.2, 0.25) is 0 Å². The number of methoxy groups -OCH3 is 1. The van der Waals surface area contributed by atoms with Gasteiger partial charge in [0, 0.05) is 31.6 Å². The fraction of sp³-hybridized carbons (Fsp3) is 0.421. The molecule has 0 aliphatic carbocycles. The van der Waals surface area contributed by atoms with E-state index in [1.165, 1.54) is 13.3 Å². The van der Waals surface area contributed by atoms with Gasteiger partial charge in [-0.1, -0.05) is 19.4 Å². The number of nitrogens with one attached hydrogen (secondary N) is 2. The molecule has 0 aliphatic heterocycles. The van der Waals surface area contributed by atoms with Crippen molar-refractivity contribution in [3.63, 3.8) is 0 Å². The quantitative estimate of drug-likeness (QED) is 0.273. The Bertz CT molecular complexity index is 665. The van der Waals surface area contributed by atoms with Crippen molar-refractivity contribution in [3.05, 3.63) is 41.6 Å².